The summed E-state index contributed by atoms with van der Waals surface area (Å²) in [5.74, 6) is 1.88. The molecule has 1 N–H and O–H groups in total. The number of morpholine rings is 1. The molecule has 5 nitrogen and oxygen atoms in total. The van der Waals surface area contributed by atoms with Gasteiger partial charge in [-0.05, 0) is 42.7 Å². The molecule has 0 spiro atoms. The topological polar surface area (TPSA) is 50.4 Å². The first-order chi connectivity index (χ1) is 11.3. The Labute approximate surface area is 136 Å². The maximum atomic E-state index is 5.71. The van der Waals surface area contributed by atoms with E-state index in [1.54, 1.807) is 7.11 Å². The molecule has 2 aromatic rings. The van der Waals surface area contributed by atoms with Gasteiger partial charge in [0.1, 0.15) is 11.6 Å². The predicted octanol–water partition coefficient (Wildman–Crippen LogP) is 3.01. The first-order valence-corrected chi connectivity index (χ1v) is 8.38. The number of aromatic amines is 1. The average molecular weight is 313 g/mol. The molecule has 2 aliphatic rings. The van der Waals surface area contributed by atoms with E-state index in [4.69, 9.17) is 9.47 Å². The molecule has 1 aromatic heterocycles. The second-order valence-corrected chi connectivity index (χ2v) is 6.32. The minimum Gasteiger partial charge on any atom is -0.497 e. The summed E-state index contributed by atoms with van der Waals surface area (Å²) in [6.45, 7) is 2.57. The lowest BCUT2D eigenvalue weighted by molar-refractivity contribution is -0.0494. The van der Waals surface area contributed by atoms with Crippen molar-refractivity contribution in [1.82, 2.24) is 14.9 Å². The molecule has 0 radical (unpaired) electrons. The summed E-state index contributed by atoms with van der Waals surface area (Å²) in [5, 5.41) is 0. The molecule has 5 heteroatoms. The number of H-pyrrole nitrogens is 1. The number of ether oxygens (including phenoxy) is 2. The molecule has 1 saturated heterocycles. The summed E-state index contributed by atoms with van der Waals surface area (Å²) < 4.78 is 10.9. The van der Waals surface area contributed by atoms with Crippen LogP contribution in [-0.2, 0) is 4.74 Å². The first-order valence-electron chi connectivity index (χ1n) is 8.38. The molecule has 0 unspecified atom stereocenters. The zero-order valence-corrected chi connectivity index (χ0v) is 13.5. The van der Waals surface area contributed by atoms with Crippen molar-refractivity contribution in [2.24, 2.45) is 0 Å². The highest BCUT2D eigenvalue weighted by molar-refractivity contribution is 5.59. The lowest BCUT2D eigenvalue weighted by Crippen LogP contribution is -2.48. The standard InChI is InChI=1S/C18H23N3O2/c1-22-15-7-5-13(6-8-15)16-11-19-18(20-16)17-12-23-10-9-21(17)14-3-2-4-14/h5-8,11,14,17H,2-4,9-10,12H2,1H3,(H,19,20)/t17-/m0/s1. The lowest BCUT2D eigenvalue weighted by atomic mass is 9.90. The monoisotopic (exact) mass is 313 g/mol. The van der Waals surface area contributed by atoms with Gasteiger partial charge >= 0.3 is 0 Å². The Morgan fingerprint density at radius 3 is 2.78 bits per heavy atom. The number of hydrogen-bond donors (Lipinski definition) is 1. The Morgan fingerprint density at radius 2 is 2.09 bits per heavy atom. The van der Waals surface area contributed by atoms with E-state index in [1.807, 2.05) is 18.3 Å². The van der Waals surface area contributed by atoms with Crippen LogP contribution in [0.15, 0.2) is 30.5 Å². The Morgan fingerprint density at radius 1 is 1.26 bits per heavy atom. The van der Waals surface area contributed by atoms with E-state index in [0.717, 1.165) is 42.6 Å². The number of imidazole rings is 1. The van der Waals surface area contributed by atoms with Crippen molar-refractivity contribution in [1.29, 1.82) is 0 Å². The van der Waals surface area contributed by atoms with E-state index in [0.29, 0.717) is 6.04 Å². The third-order valence-electron chi connectivity index (χ3n) is 5.03. The normalized spacial score (nSPS) is 22.7. The van der Waals surface area contributed by atoms with Gasteiger partial charge in [-0.15, -0.1) is 0 Å². The van der Waals surface area contributed by atoms with Gasteiger partial charge < -0.3 is 14.5 Å². The highest BCUT2D eigenvalue weighted by atomic mass is 16.5. The van der Waals surface area contributed by atoms with Crippen LogP contribution in [-0.4, -0.2) is 47.8 Å². The number of rotatable bonds is 4. The highest BCUT2D eigenvalue weighted by Gasteiger charge is 2.34. The Hall–Kier alpha value is -1.85. The van der Waals surface area contributed by atoms with Crippen LogP contribution in [0.2, 0.25) is 0 Å². The molecule has 1 aromatic carbocycles. The van der Waals surface area contributed by atoms with Gasteiger partial charge in [0.05, 0.1) is 38.3 Å². The van der Waals surface area contributed by atoms with Gasteiger partial charge in [0.2, 0.25) is 0 Å². The van der Waals surface area contributed by atoms with Crippen molar-refractivity contribution < 1.29 is 9.47 Å². The predicted molar refractivity (Wildman–Crippen MR) is 88.5 cm³/mol. The molecule has 2 heterocycles. The maximum Gasteiger partial charge on any atom is 0.126 e. The molecule has 1 saturated carbocycles. The first kappa shape index (κ1) is 14.7. The zero-order valence-electron chi connectivity index (χ0n) is 13.5. The quantitative estimate of drug-likeness (QED) is 0.943. The molecule has 1 aliphatic heterocycles. The van der Waals surface area contributed by atoms with Crippen molar-refractivity contribution in [3.05, 3.63) is 36.3 Å². The summed E-state index contributed by atoms with van der Waals surface area (Å²) in [6.07, 6.45) is 5.89. The van der Waals surface area contributed by atoms with Crippen molar-refractivity contribution in [3.63, 3.8) is 0 Å². The van der Waals surface area contributed by atoms with E-state index < -0.39 is 0 Å². The molecule has 1 aliphatic carbocycles. The molecule has 4 rings (SSSR count). The van der Waals surface area contributed by atoms with E-state index in [1.165, 1.54) is 19.3 Å². The van der Waals surface area contributed by atoms with E-state index in [2.05, 4.69) is 27.0 Å². The number of methoxy groups -OCH3 is 1. The summed E-state index contributed by atoms with van der Waals surface area (Å²) in [4.78, 5) is 10.7. The molecular formula is C18H23N3O2. The largest absolute Gasteiger partial charge is 0.497 e. The highest BCUT2D eigenvalue weighted by Crippen LogP contribution is 2.33. The Kier molecular flexibility index (Phi) is 4.06. The molecule has 1 atom stereocenters. The lowest BCUT2D eigenvalue weighted by Gasteiger charge is -2.44. The van der Waals surface area contributed by atoms with Gasteiger partial charge in [0, 0.05) is 12.6 Å². The number of benzene rings is 1. The molecule has 23 heavy (non-hydrogen) atoms. The van der Waals surface area contributed by atoms with E-state index in [9.17, 15) is 0 Å². The SMILES string of the molecule is COc1ccc(-c2cnc([C@@H]3COCCN3C3CCC3)[nH]2)cc1. The van der Waals surface area contributed by atoms with E-state index in [-0.39, 0.29) is 6.04 Å². The number of nitrogens with zero attached hydrogens (tertiary/aromatic N) is 2. The Balaban J connectivity index is 1.55. The summed E-state index contributed by atoms with van der Waals surface area (Å²) in [7, 11) is 1.68. The average Bonchev–Trinajstić information content (AvgIpc) is 3.04. The Bertz CT molecular complexity index is 649. The number of hydrogen-bond acceptors (Lipinski definition) is 4. The maximum absolute atomic E-state index is 5.71. The van der Waals surface area contributed by atoms with Crippen molar-refractivity contribution >= 4 is 0 Å². The third-order valence-corrected chi connectivity index (χ3v) is 5.03. The van der Waals surface area contributed by atoms with Crippen molar-refractivity contribution in [2.75, 3.05) is 26.9 Å². The summed E-state index contributed by atoms with van der Waals surface area (Å²) in [6, 6.07) is 9.01. The molecule has 2 fully saturated rings. The fourth-order valence-electron chi connectivity index (χ4n) is 3.43. The minimum absolute atomic E-state index is 0.251. The van der Waals surface area contributed by atoms with Crippen LogP contribution in [0.3, 0.4) is 0 Å². The van der Waals surface area contributed by atoms with E-state index >= 15 is 0 Å². The van der Waals surface area contributed by atoms with Crippen LogP contribution >= 0.6 is 0 Å². The molecule has 122 valence electrons. The second kappa shape index (κ2) is 6.34. The van der Waals surface area contributed by atoms with Gasteiger partial charge in [-0.2, -0.15) is 0 Å². The zero-order chi connectivity index (χ0) is 15.6. The fraction of sp³-hybridized carbons (Fsp3) is 0.500. The van der Waals surface area contributed by atoms with Crippen LogP contribution < -0.4 is 4.74 Å². The molecule has 0 amide bonds. The summed E-state index contributed by atoms with van der Waals surface area (Å²) in [5.41, 5.74) is 2.17. The van der Waals surface area contributed by atoms with Gasteiger partial charge in [-0.3, -0.25) is 4.90 Å². The van der Waals surface area contributed by atoms with Gasteiger partial charge in [-0.25, -0.2) is 4.98 Å². The van der Waals surface area contributed by atoms with Crippen molar-refractivity contribution in [3.8, 4) is 17.0 Å². The van der Waals surface area contributed by atoms with Gasteiger partial charge in [0.15, 0.2) is 0 Å². The second-order valence-electron chi connectivity index (χ2n) is 6.32. The third kappa shape index (κ3) is 2.86. The van der Waals surface area contributed by atoms with Crippen LogP contribution in [0.4, 0.5) is 0 Å². The van der Waals surface area contributed by atoms with Gasteiger partial charge in [-0.1, -0.05) is 6.42 Å². The van der Waals surface area contributed by atoms with Crippen molar-refractivity contribution in [2.45, 2.75) is 31.3 Å². The number of aromatic nitrogens is 2. The minimum atomic E-state index is 0.251. The summed E-state index contributed by atoms with van der Waals surface area (Å²) >= 11 is 0. The molecule has 0 bridgehead atoms. The van der Waals surface area contributed by atoms with Gasteiger partial charge in [0.25, 0.3) is 0 Å². The fourth-order valence-corrected chi connectivity index (χ4v) is 3.43. The van der Waals surface area contributed by atoms with Crippen LogP contribution in [0, 0.1) is 0 Å². The van der Waals surface area contributed by atoms with Crippen LogP contribution in [0.25, 0.3) is 11.3 Å². The van der Waals surface area contributed by atoms with Crippen LogP contribution in [0.5, 0.6) is 5.75 Å². The molecular weight excluding hydrogens is 290 g/mol. The smallest absolute Gasteiger partial charge is 0.126 e. The van der Waals surface area contributed by atoms with Crippen LogP contribution in [0.1, 0.15) is 31.1 Å². The number of nitrogens with one attached hydrogen (secondary N) is 1.